The first-order valence-corrected chi connectivity index (χ1v) is 6.12. The smallest absolute Gasteiger partial charge is 0.165 e. The molecule has 0 bridgehead atoms. The Balaban J connectivity index is 3.68. The topological polar surface area (TPSA) is 60.7 Å². The zero-order chi connectivity index (χ0) is 13.3. The molecular weight excluding hydrogens is 216 g/mol. The Morgan fingerprint density at radius 3 is 1.53 bits per heavy atom. The van der Waals surface area contributed by atoms with Crippen molar-refractivity contribution in [3.05, 3.63) is 16.7 Å². The third-order valence-electron chi connectivity index (χ3n) is 3.11. The molecule has 3 nitrogen and oxygen atoms in total. The van der Waals surface area contributed by atoms with Crippen molar-refractivity contribution in [3.63, 3.8) is 0 Å². The molecule has 0 aromatic heterocycles. The summed E-state index contributed by atoms with van der Waals surface area (Å²) in [6.07, 6.45) is 0.632. The number of phenolic OH excluding ortho intramolecular Hbond substituents is 3. The molecule has 0 amide bonds. The molecular formula is C14H22O3. The van der Waals surface area contributed by atoms with Gasteiger partial charge in [-0.2, -0.15) is 0 Å². The van der Waals surface area contributed by atoms with Crippen LogP contribution < -0.4 is 0 Å². The lowest BCUT2D eigenvalue weighted by atomic mass is 9.88. The molecule has 0 spiro atoms. The molecule has 0 aliphatic carbocycles. The second-order valence-electron chi connectivity index (χ2n) is 5.01. The normalized spacial score (nSPS) is 11.5. The lowest BCUT2D eigenvalue weighted by Crippen LogP contribution is -2.01. The highest BCUT2D eigenvalue weighted by molar-refractivity contribution is 5.63. The van der Waals surface area contributed by atoms with E-state index in [1.807, 2.05) is 34.6 Å². The average Bonchev–Trinajstić information content (AvgIpc) is 2.22. The Kier molecular flexibility index (Phi) is 3.91. The summed E-state index contributed by atoms with van der Waals surface area (Å²) in [6.45, 7) is 9.55. The lowest BCUT2D eigenvalue weighted by molar-refractivity contribution is 0.378. The average molecular weight is 238 g/mol. The predicted octanol–water partition coefficient (Wildman–Crippen LogP) is 3.61. The highest BCUT2D eigenvalue weighted by atomic mass is 16.3. The molecule has 0 fully saturated rings. The Morgan fingerprint density at radius 2 is 1.18 bits per heavy atom. The lowest BCUT2D eigenvalue weighted by Gasteiger charge is -2.21. The van der Waals surface area contributed by atoms with E-state index in [-0.39, 0.29) is 29.1 Å². The van der Waals surface area contributed by atoms with Gasteiger partial charge in [-0.05, 0) is 18.3 Å². The van der Waals surface area contributed by atoms with Crippen LogP contribution in [0.1, 0.15) is 63.1 Å². The van der Waals surface area contributed by atoms with Gasteiger partial charge in [-0.1, -0.05) is 34.6 Å². The molecule has 0 unspecified atom stereocenters. The number of rotatable bonds is 3. The molecule has 0 radical (unpaired) electrons. The van der Waals surface area contributed by atoms with Gasteiger partial charge in [-0.15, -0.1) is 0 Å². The van der Waals surface area contributed by atoms with Crippen LogP contribution >= 0.6 is 0 Å². The standard InChI is InChI=1S/C14H22O3/c1-6-9-10(7(2)3)13(16)14(17)11(8(4)5)12(9)15/h7-8,15-17H,6H2,1-5H3. The fourth-order valence-electron chi connectivity index (χ4n) is 2.33. The van der Waals surface area contributed by atoms with Crippen LogP contribution in [0.3, 0.4) is 0 Å². The zero-order valence-electron chi connectivity index (χ0n) is 11.2. The first-order valence-electron chi connectivity index (χ1n) is 6.12. The van der Waals surface area contributed by atoms with Gasteiger partial charge in [-0.25, -0.2) is 0 Å². The van der Waals surface area contributed by atoms with Gasteiger partial charge in [0.2, 0.25) is 0 Å². The van der Waals surface area contributed by atoms with E-state index in [0.29, 0.717) is 17.5 Å². The van der Waals surface area contributed by atoms with Crippen molar-refractivity contribution >= 4 is 0 Å². The summed E-state index contributed by atoms with van der Waals surface area (Å²) in [4.78, 5) is 0. The van der Waals surface area contributed by atoms with Gasteiger partial charge in [0, 0.05) is 16.7 Å². The van der Waals surface area contributed by atoms with Crippen molar-refractivity contribution in [2.75, 3.05) is 0 Å². The van der Waals surface area contributed by atoms with E-state index in [9.17, 15) is 15.3 Å². The van der Waals surface area contributed by atoms with E-state index < -0.39 is 0 Å². The van der Waals surface area contributed by atoms with Crippen LogP contribution in [0.2, 0.25) is 0 Å². The Bertz CT molecular complexity index is 420. The number of hydrogen-bond donors (Lipinski definition) is 3. The SMILES string of the molecule is CCc1c(O)c(C(C)C)c(O)c(O)c1C(C)C. The second kappa shape index (κ2) is 4.86. The van der Waals surface area contributed by atoms with Gasteiger partial charge in [0.05, 0.1) is 0 Å². The van der Waals surface area contributed by atoms with Crippen LogP contribution in [-0.2, 0) is 6.42 Å². The molecule has 0 atom stereocenters. The van der Waals surface area contributed by atoms with Crippen molar-refractivity contribution in [3.8, 4) is 17.2 Å². The Morgan fingerprint density at radius 1 is 0.765 bits per heavy atom. The predicted molar refractivity (Wildman–Crippen MR) is 69.0 cm³/mol. The van der Waals surface area contributed by atoms with Gasteiger partial charge >= 0.3 is 0 Å². The van der Waals surface area contributed by atoms with Crippen LogP contribution in [0.5, 0.6) is 17.2 Å². The number of phenols is 3. The summed E-state index contributed by atoms with van der Waals surface area (Å²) in [5.41, 5.74) is 1.81. The zero-order valence-corrected chi connectivity index (χ0v) is 11.2. The molecule has 1 aromatic carbocycles. The number of benzene rings is 1. The Hall–Kier alpha value is -1.38. The maximum absolute atomic E-state index is 10.2. The van der Waals surface area contributed by atoms with Crippen LogP contribution in [0.25, 0.3) is 0 Å². The van der Waals surface area contributed by atoms with Crippen LogP contribution in [0.4, 0.5) is 0 Å². The van der Waals surface area contributed by atoms with Crippen molar-refractivity contribution in [2.24, 2.45) is 0 Å². The maximum Gasteiger partial charge on any atom is 0.165 e. The summed E-state index contributed by atoms with van der Waals surface area (Å²) in [7, 11) is 0. The third kappa shape index (κ3) is 2.19. The number of aromatic hydroxyl groups is 3. The highest BCUT2D eigenvalue weighted by Crippen LogP contribution is 2.48. The summed E-state index contributed by atoms with van der Waals surface area (Å²) in [5.74, 6) is -0.117. The van der Waals surface area contributed by atoms with Crippen LogP contribution in [-0.4, -0.2) is 15.3 Å². The van der Waals surface area contributed by atoms with Gasteiger partial charge in [-0.3, -0.25) is 0 Å². The molecule has 0 aliphatic rings. The van der Waals surface area contributed by atoms with E-state index in [4.69, 9.17) is 0 Å². The Labute approximate surface area is 103 Å². The van der Waals surface area contributed by atoms with Gasteiger partial charge in [0.1, 0.15) is 5.75 Å². The van der Waals surface area contributed by atoms with E-state index in [1.165, 1.54) is 0 Å². The first-order chi connectivity index (χ1) is 7.82. The first kappa shape index (κ1) is 13.7. The van der Waals surface area contributed by atoms with Gasteiger partial charge in [0.25, 0.3) is 0 Å². The molecule has 1 aromatic rings. The molecule has 17 heavy (non-hydrogen) atoms. The van der Waals surface area contributed by atoms with Gasteiger partial charge < -0.3 is 15.3 Å². The summed E-state index contributed by atoms with van der Waals surface area (Å²) < 4.78 is 0. The molecule has 1 rings (SSSR count). The molecule has 0 saturated heterocycles. The fraction of sp³-hybridized carbons (Fsp3) is 0.571. The van der Waals surface area contributed by atoms with Crippen molar-refractivity contribution in [1.29, 1.82) is 0 Å². The van der Waals surface area contributed by atoms with E-state index in [1.54, 1.807) is 0 Å². The van der Waals surface area contributed by atoms with E-state index >= 15 is 0 Å². The summed E-state index contributed by atoms with van der Waals surface area (Å²) in [6, 6.07) is 0. The molecule has 0 aliphatic heterocycles. The molecule has 3 N–H and O–H groups in total. The fourth-order valence-corrected chi connectivity index (χ4v) is 2.33. The summed E-state index contributed by atoms with van der Waals surface area (Å²) in [5, 5.41) is 30.3. The van der Waals surface area contributed by atoms with E-state index in [0.717, 1.165) is 5.56 Å². The largest absolute Gasteiger partial charge is 0.507 e. The van der Waals surface area contributed by atoms with E-state index in [2.05, 4.69) is 0 Å². The van der Waals surface area contributed by atoms with Crippen molar-refractivity contribution < 1.29 is 15.3 Å². The van der Waals surface area contributed by atoms with Crippen molar-refractivity contribution in [1.82, 2.24) is 0 Å². The molecule has 3 heteroatoms. The molecule has 0 heterocycles. The van der Waals surface area contributed by atoms with Crippen LogP contribution in [0, 0.1) is 0 Å². The summed E-state index contributed by atoms with van der Waals surface area (Å²) >= 11 is 0. The molecule has 0 saturated carbocycles. The van der Waals surface area contributed by atoms with Crippen molar-refractivity contribution in [2.45, 2.75) is 52.9 Å². The van der Waals surface area contributed by atoms with Crippen LogP contribution in [0.15, 0.2) is 0 Å². The molecule has 96 valence electrons. The minimum absolute atomic E-state index is 0.0348. The quantitative estimate of drug-likeness (QED) is 0.557. The highest BCUT2D eigenvalue weighted by Gasteiger charge is 2.25. The maximum atomic E-state index is 10.2. The second-order valence-corrected chi connectivity index (χ2v) is 5.01. The third-order valence-corrected chi connectivity index (χ3v) is 3.11. The minimum Gasteiger partial charge on any atom is -0.507 e. The van der Waals surface area contributed by atoms with Gasteiger partial charge in [0.15, 0.2) is 11.5 Å². The minimum atomic E-state index is -0.182. The number of hydrogen-bond acceptors (Lipinski definition) is 3. The monoisotopic (exact) mass is 238 g/mol.